The fourth-order valence-corrected chi connectivity index (χ4v) is 3.28. The van der Waals surface area contributed by atoms with Crippen molar-refractivity contribution >= 4 is 11.9 Å². The highest BCUT2D eigenvalue weighted by Gasteiger charge is 2.33. The van der Waals surface area contributed by atoms with Crippen molar-refractivity contribution in [2.75, 3.05) is 20.3 Å². The van der Waals surface area contributed by atoms with Crippen molar-refractivity contribution in [1.29, 1.82) is 0 Å². The van der Waals surface area contributed by atoms with Crippen molar-refractivity contribution in [3.8, 4) is 11.5 Å². The SMILES string of the molecule is CCCOc1c(C/C=C(\C)CCC(=O)OCC)c(OC)c(C)c2c1C(=O)OC2. The van der Waals surface area contributed by atoms with Crippen molar-refractivity contribution in [3.05, 3.63) is 33.9 Å². The third-order valence-corrected chi connectivity index (χ3v) is 4.76. The lowest BCUT2D eigenvalue weighted by Gasteiger charge is -2.19. The van der Waals surface area contributed by atoms with E-state index in [1.165, 1.54) is 0 Å². The van der Waals surface area contributed by atoms with Gasteiger partial charge in [-0.05, 0) is 45.6 Å². The van der Waals surface area contributed by atoms with Crippen LogP contribution in [-0.2, 0) is 27.3 Å². The van der Waals surface area contributed by atoms with Gasteiger partial charge in [0.05, 0.1) is 20.3 Å². The Hall–Kier alpha value is -2.50. The number of benzene rings is 1. The molecule has 1 aliphatic heterocycles. The summed E-state index contributed by atoms with van der Waals surface area (Å²) in [6.45, 7) is 8.87. The molecule has 0 saturated carbocycles. The second-order valence-electron chi connectivity index (χ2n) is 6.80. The molecule has 0 atom stereocenters. The molecule has 1 aromatic carbocycles. The number of hydrogen-bond donors (Lipinski definition) is 0. The zero-order valence-electron chi connectivity index (χ0n) is 17.5. The number of carbonyl (C=O) groups is 2. The van der Waals surface area contributed by atoms with Crippen molar-refractivity contribution in [1.82, 2.24) is 0 Å². The van der Waals surface area contributed by atoms with E-state index in [2.05, 4.69) is 0 Å². The topological polar surface area (TPSA) is 71.1 Å². The van der Waals surface area contributed by atoms with Crippen LogP contribution in [0.5, 0.6) is 11.5 Å². The fraction of sp³-hybridized carbons (Fsp3) is 0.545. The molecule has 1 aliphatic rings. The first kappa shape index (κ1) is 21.8. The Morgan fingerprint density at radius 3 is 2.61 bits per heavy atom. The van der Waals surface area contributed by atoms with E-state index in [1.807, 2.05) is 26.8 Å². The van der Waals surface area contributed by atoms with Crippen molar-refractivity contribution in [2.45, 2.75) is 60.0 Å². The highest BCUT2D eigenvalue weighted by molar-refractivity contribution is 5.98. The molecule has 1 heterocycles. The van der Waals surface area contributed by atoms with E-state index in [0.29, 0.717) is 43.8 Å². The number of hydrogen-bond acceptors (Lipinski definition) is 6. The van der Waals surface area contributed by atoms with Crippen LogP contribution in [0.4, 0.5) is 0 Å². The summed E-state index contributed by atoms with van der Waals surface area (Å²) in [6.07, 6.45) is 4.38. The van der Waals surface area contributed by atoms with Crippen molar-refractivity contribution in [2.24, 2.45) is 0 Å². The summed E-state index contributed by atoms with van der Waals surface area (Å²) < 4.78 is 21.9. The van der Waals surface area contributed by atoms with E-state index in [1.54, 1.807) is 14.0 Å². The number of esters is 2. The van der Waals surface area contributed by atoms with Gasteiger partial charge in [0.15, 0.2) is 0 Å². The van der Waals surface area contributed by atoms with Gasteiger partial charge in [0.1, 0.15) is 23.7 Å². The molecule has 6 nitrogen and oxygen atoms in total. The third kappa shape index (κ3) is 4.86. The van der Waals surface area contributed by atoms with Gasteiger partial charge in [-0.1, -0.05) is 18.6 Å². The van der Waals surface area contributed by atoms with Gasteiger partial charge in [0.2, 0.25) is 0 Å². The average molecular weight is 390 g/mol. The fourth-order valence-electron chi connectivity index (χ4n) is 3.28. The van der Waals surface area contributed by atoms with Gasteiger partial charge in [-0.3, -0.25) is 4.79 Å². The lowest BCUT2D eigenvalue weighted by Crippen LogP contribution is -2.09. The van der Waals surface area contributed by atoms with Crippen LogP contribution in [0, 0.1) is 6.92 Å². The van der Waals surface area contributed by atoms with E-state index in [-0.39, 0.29) is 18.5 Å². The normalized spacial score (nSPS) is 13.2. The Morgan fingerprint density at radius 1 is 1.21 bits per heavy atom. The van der Waals surface area contributed by atoms with E-state index in [4.69, 9.17) is 18.9 Å². The van der Waals surface area contributed by atoms with Gasteiger partial charge in [0.25, 0.3) is 0 Å². The maximum Gasteiger partial charge on any atom is 0.342 e. The van der Waals surface area contributed by atoms with Crippen LogP contribution in [0.3, 0.4) is 0 Å². The first-order chi connectivity index (χ1) is 13.4. The smallest absolute Gasteiger partial charge is 0.342 e. The molecule has 0 N–H and O–H groups in total. The highest BCUT2D eigenvalue weighted by atomic mass is 16.5. The molecule has 0 bridgehead atoms. The van der Waals surface area contributed by atoms with Crippen LogP contribution in [0.15, 0.2) is 11.6 Å². The number of allylic oxidation sites excluding steroid dienone is 2. The maximum absolute atomic E-state index is 12.3. The quantitative estimate of drug-likeness (QED) is 0.438. The molecule has 0 fully saturated rings. The third-order valence-electron chi connectivity index (χ3n) is 4.76. The van der Waals surface area contributed by atoms with Gasteiger partial charge in [0, 0.05) is 17.5 Å². The van der Waals surface area contributed by atoms with E-state index in [0.717, 1.165) is 34.4 Å². The second-order valence-corrected chi connectivity index (χ2v) is 6.80. The molecule has 2 rings (SSSR count). The van der Waals surface area contributed by atoms with Gasteiger partial charge in [-0.2, -0.15) is 0 Å². The number of fused-ring (bicyclic) bond motifs is 1. The van der Waals surface area contributed by atoms with E-state index in [9.17, 15) is 9.59 Å². The Labute approximate surface area is 166 Å². The summed E-state index contributed by atoms with van der Waals surface area (Å²) in [5, 5.41) is 0. The number of ether oxygens (including phenoxy) is 4. The van der Waals surface area contributed by atoms with Crippen LogP contribution >= 0.6 is 0 Å². The summed E-state index contributed by atoms with van der Waals surface area (Å²) in [5.74, 6) is 0.723. The molecule has 0 aliphatic carbocycles. The van der Waals surface area contributed by atoms with Crippen LogP contribution in [0.1, 0.15) is 67.1 Å². The first-order valence-corrected chi connectivity index (χ1v) is 9.77. The molecule has 154 valence electrons. The molecule has 28 heavy (non-hydrogen) atoms. The molecule has 6 heteroatoms. The summed E-state index contributed by atoms with van der Waals surface area (Å²) >= 11 is 0. The monoisotopic (exact) mass is 390 g/mol. The minimum atomic E-state index is -0.351. The number of cyclic esters (lactones) is 1. The molecule has 0 saturated heterocycles. The molecule has 0 spiro atoms. The Kier molecular flexibility index (Phi) is 7.91. The molecular weight excluding hydrogens is 360 g/mol. The van der Waals surface area contributed by atoms with Crippen LogP contribution in [0.2, 0.25) is 0 Å². The van der Waals surface area contributed by atoms with Gasteiger partial charge < -0.3 is 18.9 Å². The highest BCUT2D eigenvalue weighted by Crippen LogP contribution is 2.42. The zero-order valence-corrected chi connectivity index (χ0v) is 17.5. The van der Waals surface area contributed by atoms with Crippen LogP contribution in [0.25, 0.3) is 0 Å². The first-order valence-electron chi connectivity index (χ1n) is 9.77. The van der Waals surface area contributed by atoms with Gasteiger partial charge >= 0.3 is 11.9 Å². The maximum atomic E-state index is 12.3. The van der Waals surface area contributed by atoms with Gasteiger partial charge in [-0.15, -0.1) is 0 Å². The Balaban J connectivity index is 2.35. The van der Waals surface area contributed by atoms with Crippen LogP contribution in [-0.4, -0.2) is 32.3 Å². The van der Waals surface area contributed by atoms with Crippen LogP contribution < -0.4 is 9.47 Å². The van der Waals surface area contributed by atoms with Gasteiger partial charge in [-0.25, -0.2) is 4.79 Å². The number of methoxy groups -OCH3 is 1. The summed E-state index contributed by atoms with van der Waals surface area (Å²) in [4.78, 5) is 23.9. The largest absolute Gasteiger partial charge is 0.496 e. The van der Waals surface area contributed by atoms with E-state index >= 15 is 0 Å². The average Bonchev–Trinajstić information content (AvgIpc) is 3.06. The zero-order chi connectivity index (χ0) is 20.7. The Morgan fingerprint density at radius 2 is 1.96 bits per heavy atom. The van der Waals surface area contributed by atoms with Crippen molar-refractivity contribution < 1.29 is 28.5 Å². The minimum absolute atomic E-state index is 0.198. The predicted octanol–water partition coefficient (Wildman–Crippen LogP) is 4.29. The number of carbonyl (C=O) groups excluding carboxylic acids is 2. The predicted molar refractivity (Wildman–Crippen MR) is 106 cm³/mol. The Bertz CT molecular complexity index is 763. The minimum Gasteiger partial charge on any atom is -0.496 e. The molecule has 0 unspecified atom stereocenters. The van der Waals surface area contributed by atoms with Crippen molar-refractivity contribution in [3.63, 3.8) is 0 Å². The molecule has 0 amide bonds. The summed E-state index contributed by atoms with van der Waals surface area (Å²) in [6, 6.07) is 0. The van der Waals surface area contributed by atoms with E-state index < -0.39 is 0 Å². The molecule has 0 radical (unpaired) electrons. The second kappa shape index (κ2) is 10.2. The lowest BCUT2D eigenvalue weighted by atomic mass is 9.94. The summed E-state index contributed by atoms with van der Waals surface area (Å²) in [5.41, 5.74) is 4.15. The summed E-state index contributed by atoms with van der Waals surface area (Å²) in [7, 11) is 1.62. The molecular formula is C22H30O6. The standard InChI is InChI=1S/C22H30O6/c1-6-12-27-21-16(10-8-14(3)9-11-18(23)26-7-2)20(25-5)15(4)17-13-28-22(24)19(17)21/h8H,6-7,9-13H2,1-5H3/b14-8+. The number of rotatable bonds is 10. The molecule has 0 aromatic heterocycles. The lowest BCUT2D eigenvalue weighted by molar-refractivity contribution is -0.143. The molecule has 1 aromatic rings.